The van der Waals surface area contributed by atoms with Gasteiger partial charge in [-0.3, -0.25) is 0 Å². The van der Waals surface area contributed by atoms with E-state index in [0.29, 0.717) is 5.92 Å². The average Bonchev–Trinajstić information content (AvgIpc) is 2.45. The smallest absolute Gasteiger partial charge is 0.123 e. The molecule has 0 amide bonds. The van der Waals surface area contributed by atoms with Crippen molar-refractivity contribution in [1.82, 2.24) is 0 Å². The lowest BCUT2D eigenvalue weighted by Gasteiger charge is -2.27. The largest absolute Gasteiger partial charge is 0.207 e. The van der Waals surface area contributed by atoms with Gasteiger partial charge in [0.25, 0.3) is 0 Å². The zero-order valence-corrected chi connectivity index (χ0v) is 11.7. The predicted molar refractivity (Wildman–Crippen MR) is 79.7 cm³/mol. The molecule has 1 aromatic rings. The van der Waals surface area contributed by atoms with Gasteiger partial charge in [-0.25, -0.2) is 4.39 Å². The lowest BCUT2D eigenvalue weighted by molar-refractivity contribution is 0.375. The van der Waals surface area contributed by atoms with Crippen LogP contribution < -0.4 is 0 Å². The fourth-order valence-corrected chi connectivity index (χ4v) is 2.82. The van der Waals surface area contributed by atoms with Gasteiger partial charge in [0.2, 0.25) is 0 Å². The third-order valence-corrected chi connectivity index (χ3v) is 3.98. The van der Waals surface area contributed by atoms with Gasteiger partial charge in [0.1, 0.15) is 5.82 Å². The summed E-state index contributed by atoms with van der Waals surface area (Å²) in [6.45, 7) is 2.15. The molecular weight excluding hydrogens is 235 g/mol. The monoisotopic (exact) mass is 258 g/mol. The standard InChI is InChI=1S/C18H23F/c1-2-3-4-5-6-15-7-9-16(10-8-15)17-11-13-18(19)14-12-17/h3-6,11-16H,2,7-10H2,1H3. The van der Waals surface area contributed by atoms with Crippen LogP contribution in [0.25, 0.3) is 0 Å². The normalized spacial score (nSPS) is 24.3. The molecule has 19 heavy (non-hydrogen) atoms. The molecule has 0 aromatic heterocycles. The summed E-state index contributed by atoms with van der Waals surface area (Å²) in [4.78, 5) is 0. The van der Waals surface area contributed by atoms with Crippen LogP contribution in [0.1, 0.15) is 50.5 Å². The first kappa shape index (κ1) is 14.0. The highest BCUT2D eigenvalue weighted by molar-refractivity contribution is 5.21. The Morgan fingerprint density at radius 1 is 1.05 bits per heavy atom. The summed E-state index contributed by atoms with van der Waals surface area (Å²) < 4.78 is 12.9. The van der Waals surface area contributed by atoms with Gasteiger partial charge >= 0.3 is 0 Å². The molecule has 1 aromatic carbocycles. The Labute approximate surface area is 116 Å². The lowest BCUT2D eigenvalue weighted by Crippen LogP contribution is -2.11. The van der Waals surface area contributed by atoms with Crippen LogP contribution in [0.15, 0.2) is 48.6 Å². The van der Waals surface area contributed by atoms with Crippen molar-refractivity contribution in [1.29, 1.82) is 0 Å². The van der Waals surface area contributed by atoms with Crippen LogP contribution >= 0.6 is 0 Å². The Morgan fingerprint density at radius 3 is 2.37 bits per heavy atom. The Kier molecular flexibility index (Phi) is 5.38. The molecule has 0 unspecified atom stereocenters. The van der Waals surface area contributed by atoms with Gasteiger partial charge in [-0.1, -0.05) is 43.4 Å². The Morgan fingerprint density at radius 2 is 1.74 bits per heavy atom. The van der Waals surface area contributed by atoms with E-state index in [1.807, 2.05) is 12.1 Å². The molecule has 1 heteroatoms. The highest BCUT2D eigenvalue weighted by Gasteiger charge is 2.20. The summed E-state index contributed by atoms with van der Waals surface area (Å²) in [5, 5.41) is 0. The first-order chi connectivity index (χ1) is 9.29. The molecule has 1 fully saturated rings. The van der Waals surface area contributed by atoms with E-state index in [2.05, 4.69) is 31.2 Å². The van der Waals surface area contributed by atoms with E-state index in [9.17, 15) is 4.39 Å². The maximum absolute atomic E-state index is 12.9. The minimum Gasteiger partial charge on any atom is -0.207 e. The molecule has 0 nitrogen and oxygen atoms in total. The maximum atomic E-state index is 12.9. The molecule has 0 saturated heterocycles. The molecule has 1 aliphatic rings. The number of halogens is 1. The summed E-state index contributed by atoms with van der Waals surface area (Å²) in [5.74, 6) is 1.21. The van der Waals surface area contributed by atoms with E-state index in [0.717, 1.165) is 12.3 Å². The van der Waals surface area contributed by atoms with Gasteiger partial charge in [0.05, 0.1) is 0 Å². The second kappa shape index (κ2) is 7.28. The fourth-order valence-electron chi connectivity index (χ4n) is 2.82. The van der Waals surface area contributed by atoms with Gasteiger partial charge in [-0.05, 0) is 61.6 Å². The predicted octanol–water partition coefficient (Wildman–Crippen LogP) is 5.62. The molecule has 2 rings (SSSR count). The fraction of sp³-hybridized carbons (Fsp3) is 0.444. The minimum atomic E-state index is -0.136. The number of benzene rings is 1. The lowest BCUT2D eigenvalue weighted by atomic mass is 9.78. The van der Waals surface area contributed by atoms with Crippen LogP contribution in [0.3, 0.4) is 0 Å². The van der Waals surface area contributed by atoms with Crippen LogP contribution in [-0.4, -0.2) is 0 Å². The van der Waals surface area contributed by atoms with Crippen LogP contribution in [0.5, 0.6) is 0 Å². The van der Waals surface area contributed by atoms with Crippen molar-refractivity contribution in [2.24, 2.45) is 5.92 Å². The van der Waals surface area contributed by atoms with Crippen molar-refractivity contribution in [3.8, 4) is 0 Å². The van der Waals surface area contributed by atoms with Gasteiger partial charge in [-0.2, -0.15) is 0 Å². The molecule has 0 bridgehead atoms. The first-order valence-corrected chi connectivity index (χ1v) is 7.38. The van der Waals surface area contributed by atoms with E-state index in [-0.39, 0.29) is 5.82 Å². The van der Waals surface area contributed by atoms with Gasteiger partial charge in [0, 0.05) is 0 Å². The summed E-state index contributed by atoms with van der Waals surface area (Å²) >= 11 is 0. The van der Waals surface area contributed by atoms with E-state index < -0.39 is 0 Å². The molecular formula is C18H23F. The Balaban J connectivity index is 1.83. The number of hydrogen-bond acceptors (Lipinski definition) is 0. The maximum Gasteiger partial charge on any atom is 0.123 e. The van der Waals surface area contributed by atoms with Gasteiger partial charge < -0.3 is 0 Å². The van der Waals surface area contributed by atoms with Crippen molar-refractivity contribution < 1.29 is 4.39 Å². The molecule has 102 valence electrons. The number of hydrogen-bond donors (Lipinski definition) is 0. The van der Waals surface area contributed by atoms with Gasteiger partial charge in [-0.15, -0.1) is 0 Å². The number of allylic oxidation sites excluding steroid dienone is 4. The first-order valence-electron chi connectivity index (χ1n) is 7.38. The highest BCUT2D eigenvalue weighted by atomic mass is 19.1. The molecule has 1 saturated carbocycles. The summed E-state index contributed by atoms with van der Waals surface area (Å²) in [6.07, 6.45) is 14.9. The molecule has 0 atom stereocenters. The van der Waals surface area contributed by atoms with Crippen molar-refractivity contribution in [2.45, 2.75) is 44.9 Å². The van der Waals surface area contributed by atoms with Gasteiger partial charge in [0.15, 0.2) is 0 Å². The van der Waals surface area contributed by atoms with Crippen molar-refractivity contribution in [3.63, 3.8) is 0 Å². The number of rotatable bonds is 4. The quantitative estimate of drug-likeness (QED) is 0.615. The van der Waals surface area contributed by atoms with Crippen LogP contribution in [0, 0.1) is 11.7 Å². The van der Waals surface area contributed by atoms with E-state index in [4.69, 9.17) is 0 Å². The minimum absolute atomic E-state index is 0.136. The Hall–Kier alpha value is -1.37. The van der Waals surface area contributed by atoms with E-state index in [1.54, 1.807) is 12.1 Å². The highest BCUT2D eigenvalue weighted by Crippen LogP contribution is 2.36. The SMILES string of the molecule is CCC=CC=CC1CCC(c2ccc(F)cc2)CC1. The van der Waals surface area contributed by atoms with E-state index in [1.165, 1.54) is 31.2 Å². The summed E-state index contributed by atoms with van der Waals surface area (Å²) in [5.41, 5.74) is 1.30. The van der Waals surface area contributed by atoms with Crippen molar-refractivity contribution in [3.05, 3.63) is 60.0 Å². The summed E-state index contributed by atoms with van der Waals surface area (Å²) in [6, 6.07) is 7.05. The molecule has 1 aliphatic carbocycles. The third kappa shape index (κ3) is 4.34. The second-order valence-electron chi connectivity index (χ2n) is 5.38. The van der Waals surface area contributed by atoms with Crippen LogP contribution in [-0.2, 0) is 0 Å². The van der Waals surface area contributed by atoms with Crippen LogP contribution in [0.4, 0.5) is 4.39 Å². The van der Waals surface area contributed by atoms with Crippen molar-refractivity contribution >= 4 is 0 Å². The zero-order valence-electron chi connectivity index (χ0n) is 11.7. The topological polar surface area (TPSA) is 0 Å². The van der Waals surface area contributed by atoms with Crippen molar-refractivity contribution in [2.75, 3.05) is 0 Å². The Bertz CT molecular complexity index is 420. The summed E-state index contributed by atoms with van der Waals surface area (Å²) in [7, 11) is 0. The van der Waals surface area contributed by atoms with Crippen LogP contribution in [0.2, 0.25) is 0 Å². The zero-order chi connectivity index (χ0) is 13.5. The molecule has 0 heterocycles. The molecule has 0 N–H and O–H groups in total. The molecule has 0 spiro atoms. The van der Waals surface area contributed by atoms with E-state index >= 15 is 0 Å². The average molecular weight is 258 g/mol. The second-order valence-corrected chi connectivity index (χ2v) is 5.38. The molecule has 0 aliphatic heterocycles. The third-order valence-electron chi connectivity index (χ3n) is 3.98. The molecule has 0 radical (unpaired) electrons.